The molecule has 2 amide bonds. The van der Waals surface area contributed by atoms with Crippen molar-refractivity contribution in [3.63, 3.8) is 0 Å². The largest absolute Gasteiger partial charge is 0.481 e. The van der Waals surface area contributed by atoms with Crippen molar-refractivity contribution in [3.05, 3.63) is 18.2 Å². The summed E-state index contributed by atoms with van der Waals surface area (Å²) in [4.78, 5) is 24.4. The summed E-state index contributed by atoms with van der Waals surface area (Å²) in [6, 6.07) is 5.12. The van der Waals surface area contributed by atoms with Gasteiger partial charge < -0.3 is 15.8 Å². The summed E-state index contributed by atoms with van der Waals surface area (Å²) in [5, 5.41) is 2.47. The highest BCUT2D eigenvalue weighted by Gasteiger charge is 2.28. The summed E-state index contributed by atoms with van der Waals surface area (Å²) in [7, 11) is 1.52. The van der Waals surface area contributed by atoms with Gasteiger partial charge in [0.25, 0.3) is 5.91 Å². The van der Waals surface area contributed by atoms with E-state index in [9.17, 15) is 9.59 Å². The Morgan fingerprint density at radius 2 is 2.35 bits per heavy atom. The summed E-state index contributed by atoms with van der Waals surface area (Å²) in [6.45, 7) is -0.132. The monoisotopic (exact) mass is 235 g/mol. The van der Waals surface area contributed by atoms with E-state index in [0.29, 0.717) is 17.1 Å². The average molecular weight is 235 g/mol. The predicted molar refractivity (Wildman–Crippen MR) is 62.8 cm³/mol. The molecule has 1 aliphatic heterocycles. The molecule has 0 spiro atoms. The van der Waals surface area contributed by atoms with Gasteiger partial charge in [0, 0.05) is 7.05 Å². The molecule has 90 valence electrons. The van der Waals surface area contributed by atoms with Crippen LogP contribution in [0.2, 0.25) is 0 Å². The van der Waals surface area contributed by atoms with Crippen molar-refractivity contribution in [3.8, 4) is 5.75 Å². The van der Waals surface area contributed by atoms with Gasteiger partial charge >= 0.3 is 0 Å². The molecule has 1 heterocycles. The number of carbonyl (C=O) groups is 2. The molecule has 3 N–H and O–H groups in total. The van der Waals surface area contributed by atoms with E-state index < -0.39 is 0 Å². The molecule has 0 fully saturated rings. The Labute approximate surface area is 98.3 Å². The highest BCUT2D eigenvalue weighted by Crippen LogP contribution is 2.36. The molecule has 1 aromatic rings. The zero-order valence-corrected chi connectivity index (χ0v) is 9.40. The summed E-state index contributed by atoms with van der Waals surface area (Å²) in [5.74, 6) is -0.0121. The molecule has 2 rings (SSSR count). The lowest BCUT2D eigenvalue weighted by molar-refractivity contribution is -0.125. The van der Waals surface area contributed by atoms with Gasteiger partial charge in [-0.05, 0) is 12.1 Å². The van der Waals surface area contributed by atoms with E-state index in [2.05, 4.69) is 5.32 Å². The van der Waals surface area contributed by atoms with Gasteiger partial charge in [-0.15, -0.1) is 0 Å². The Bertz CT molecular complexity index is 473. The highest BCUT2D eigenvalue weighted by atomic mass is 16.5. The number of fused-ring (bicyclic) bond motifs is 1. The van der Waals surface area contributed by atoms with Crippen molar-refractivity contribution in [1.29, 1.82) is 0 Å². The number of amides is 2. The molecule has 1 aromatic carbocycles. The zero-order valence-electron chi connectivity index (χ0n) is 9.40. The van der Waals surface area contributed by atoms with Gasteiger partial charge in [-0.1, -0.05) is 6.07 Å². The van der Waals surface area contributed by atoms with Crippen molar-refractivity contribution < 1.29 is 14.3 Å². The van der Waals surface area contributed by atoms with Gasteiger partial charge in [0.2, 0.25) is 5.91 Å². The van der Waals surface area contributed by atoms with Gasteiger partial charge in [0.05, 0.1) is 5.69 Å². The van der Waals surface area contributed by atoms with Crippen LogP contribution in [-0.2, 0) is 9.59 Å². The number of likely N-dealkylation sites (N-methyl/N-ethyl adjacent to an activating group) is 1. The fourth-order valence-electron chi connectivity index (χ4n) is 1.68. The van der Waals surface area contributed by atoms with Crippen LogP contribution in [0.25, 0.3) is 0 Å². The molecular weight excluding hydrogens is 222 g/mol. The maximum atomic E-state index is 11.7. The Hall–Kier alpha value is -2.24. The van der Waals surface area contributed by atoms with E-state index in [1.54, 1.807) is 18.2 Å². The summed E-state index contributed by atoms with van der Waals surface area (Å²) >= 11 is 0. The van der Waals surface area contributed by atoms with Crippen molar-refractivity contribution >= 4 is 23.2 Å². The molecule has 0 radical (unpaired) electrons. The van der Waals surface area contributed by atoms with Crippen LogP contribution in [0, 0.1) is 0 Å². The number of ether oxygens (including phenoxy) is 1. The predicted octanol–water partition coefficient (Wildman–Crippen LogP) is -0.260. The lowest BCUT2D eigenvalue weighted by Crippen LogP contribution is -2.44. The number of carbonyl (C=O) groups excluding carboxylic acids is 2. The van der Waals surface area contributed by atoms with Crippen molar-refractivity contribution in [2.45, 2.75) is 0 Å². The molecule has 0 aromatic heterocycles. The summed E-state index contributed by atoms with van der Waals surface area (Å²) < 4.78 is 5.26. The third kappa shape index (κ3) is 2.01. The van der Waals surface area contributed by atoms with Crippen molar-refractivity contribution in [2.75, 3.05) is 30.8 Å². The Morgan fingerprint density at radius 1 is 1.59 bits per heavy atom. The maximum Gasteiger partial charge on any atom is 0.265 e. The van der Waals surface area contributed by atoms with Gasteiger partial charge in [-0.3, -0.25) is 14.5 Å². The molecule has 6 heteroatoms. The quantitative estimate of drug-likeness (QED) is 0.692. The molecule has 0 saturated carbocycles. The third-order valence-electron chi connectivity index (χ3n) is 2.53. The number of anilines is 2. The molecule has 0 atom stereocenters. The van der Waals surface area contributed by atoms with E-state index >= 15 is 0 Å². The van der Waals surface area contributed by atoms with E-state index in [0.717, 1.165) is 0 Å². The summed E-state index contributed by atoms with van der Waals surface area (Å²) in [5.41, 5.74) is 6.69. The lowest BCUT2D eigenvalue weighted by atomic mass is 10.2. The van der Waals surface area contributed by atoms with Gasteiger partial charge in [-0.25, -0.2) is 0 Å². The topological polar surface area (TPSA) is 84.7 Å². The van der Waals surface area contributed by atoms with E-state index in [1.807, 2.05) is 0 Å². The third-order valence-corrected chi connectivity index (χ3v) is 2.53. The number of rotatable bonds is 2. The second kappa shape index (κ2) is 4.32. The standard InChI is InChI=1S/C11H13N3O3/c1-13-9(15)5-14-10(16)6-17-8-4-2-3-7(12)11(8)14/h2-4H,5-6,12H2,1H3,(H,13,15). The van der Waals surface area contributed by atoms with Gasteiger partial charge in [-0.2, -0.15) is 0 Å². The maximum absolute atomic E-state index is 11.7. The Kier molecular flexibility index (Phi) is 2.86. The number of nitrogens with one attached hydrogen (secondary N) is 1. The normalized spacial score (nSPS) is 13.9. The smallest absolute Gasteiger partial charge is 0.265 e. The zero-order chi connectivity index (χ0) is 12.4. The number of para-hydroxylation sites is 1. The number of nitrogens with zero attached hydrogens (tertiary/aromatic N) is 1. The van der Waals surface area contributed by atoms with Gasteiger partial charge in [0.1, 0.15) is 18.0 Å². The first-order valence-electron chi connectivity index (χ1n) is 5.15. The molecule has 0 saturated heterocycles. The van der Waals surface area contributed by atoms with Gasteiger partial charge in [0.15, 0.2) is 6.61 Å². The molecular formula is C11H13N3O3. The number of benzene rings is 1. The van der Waals surface area contributed by atoms with Crippen LogP contribution in [-0.4, -0.2) is 32.0 Å². The minimum Gasteiger partial charge on any atom is -0.481 e. The molecule has 0 aliphatic carbocycles. The number of nitrogens with two attached hydrogens (primary N) is 1. The minimum atomic E-state index is -0.279. The molecule has 0 bridgehead atoms. The van der Waals surface area contributed by atoms with E-state index in [1.165, 1.54) is 11.9 Å². The highest BCUT2D eigenvalue weighted by molar-refractivity contribution is 6.04. The van der Waals surface area contributed by atoms with Crippen LogP contribution in [0.1, 0.15) is 0 Å². The number of hydrogen-bond donors (Lipinski definition) is 2. The molecule has 0 unspecified atom stereocenters. The fraction of sp³-hybridized carbons (Fsp3) is 0.273. The van der Waals surface area contributed by atoms with E-state index in [4.69, 9.17) is 10.5 Å². The van der Waals surface area contributed by atoms with Crippen molar-refractivity contribution in [1.82, 2.24) is 5.32 Å². The van der Waals surface area contributed by atoms with Crippen molar-refractivity contribution in [2.24, 2.45) is 0 Å². The summed E-state index contributed by atoms with van der Waals surface area (Å²) in [6.07, 6.45) is 0. The number of hydrogen-bond acceptors (Lipinski definition) is 4. The van der Waals surface area contributed by atoms with Crippen LogP contribution < -0.4 is 20.7 Å². The fourth-order valence-corrected chi connectivity index (χ4v) is 1.68. The Balaban J connectivity index is 2.39. The van der Waals surface area contributed by atoms with Crippen LogP contribution in [0.3, 0.4) is 0 Å². The lowest BCUT2D eigenvalue weighted by Gasteiger charge is -2.29. The second-order valence-electron chi connectivity index (χ2n) is 3.64. The van der Waals surface area contributed by atoms with Crippen LogP contribution in [0.15, 0.2) is 18.2 Å². The SMILES string of the molecule is CNC(=O)CN1C(=O)COc2cccc(N)c21. The van der Waals surface area contributed by atoms with Crippen LogP contribution >= 0.6 is 0 Å². The molecule has 1 aliphatic rings. The minimum absolute atomic E-state index is 0.0556. The van der Waals surface area contributed by atoms with E-state index in [-0.39, 0.29) is 25.0 Å². The average Bonchev–Trinajstić information content (AvgIpc) is 2.33. The molecule has 17 heavy (non-hydrogen) atoms. The van der Waals surface area contributed by atoms with Crippen LogP contribution in [0.4, 0.5) is 11.4 Å². The Morgan fingerprint density at radius 3 is 3.06 bits per heavy atom. The first-order valence-corrected chi connectivity index (χ1v) is 5.15. The first kappa shape index (κ1) is 11.3. The molecule has 6 nitrogen and oxygen atoms in total. The first-order chi connectivity index (χ1) is 8.13. The number of nitrogen functional groups attached to an aromatic ring is 1. The van der Waals surface area contributed by atoms with Crippen LogP contribution in [0.5, 0.6) is 5.75 Å². The second-order valence-corrected chi connectivity index (χ2v) is 3.64.